The minimum absolute atomic E-state index is 0.0177. The molecule has 3 rings (SSSR count). The third-order valence-corrected chi connectivity index (χ3v) is 4.11. The largest absolute Gasteiger partial charge is 0.419 e. The van der Waals surface area contributed by atoms with Gasteiger partial charge in [-0.2, -0.15) is 0 Å². The second kappa shape index (κ2) is 7.30. The van der Waals surface area contributed by atoms with Crippen LogP contribution >= 0.6 is 23.2 Å². The molecule has 0 spiro atoms. The molecule has 0 saturated carbocycles. The zero-order valence-electron chi connectivity index (χ0n) is 12.8. The minimum atomic E-state index is -0.311. The van der Waals surface area contributed by atoms with Crippen molar-refractivity contribution in [2.75, 3.05) is 0 Å². The van der Waals surface area contributed by atoms with E-state index in [0.717, 1.165) is 5.56 Å². The van der Waals surface area contributed by atoms with Crippen LogP contribution in [0.3, 0.4) is 0 Å². The number of nitrogens with one attached hydrogen (secondary N) is 1. The molecule has 0 radical (unpaired) electrons. The van der Waals surface area contributed by atoms with Crippen LogP contribution in [0.25, 0.3) is 11.5 Å². The van der Waals surface area contributed by atoms with Gasteiger partial charge >= 0.3 is 0 Å². The molecule has 3 aromatic rings. The Morgan fingerprint density at radius 1 is 1.12 bits per heavy atom. The molecule has 2 aromatic carbocycles. The van der Waals surface area contributed by atoms with E-state index < -0.39 is 0 Å². The van der Waals surface area contributed by atoms with Gasteiger partial charge in [-0.05, 0) is 48.9 Å². The number of aromatic nitrogens is 2. The van der Waals surface area contributed by atoms with E-state index in [1.807, 2.05) is 13.0 Å². The Kier molecular flexibility index (Phi) is 5.14. The molecular formula is C17H14Cl2FN3O. The molecule has 1 atom stereocenters. The van der Waals surface area contributed by atoms with Gasteiger partial charge in [-0.1, -0.05) is 29.3 Å². The highest BCUT2D eigenvalue weighted by Gasteiger charge is 2.13. The second-order valence-corrected chi connectivity index (χ2v) is 6.12. The molecule has 0 fully saturated rings. The lowest BCUT2D eigenvalue weighted by Gasteiger charge is -2.14. The van der Waals surface area contributed by atoms with Crippen molar-refractivity contribution in [3.8, 4) is 11.5 Å². The van der Waals surface area contributed by atoms with Crippen molar-refractivity contribution in [3.63, 3.8) is 0 Å². The van der Waals surface area contributed by atoms with Crippen LogP contribution in [0.2, 0.25) is 10.0 Å². The quantitative estimate of drug-likeness (QED) is 0.688. The van der Waals surface area contributed by atoms with E-state index in [1.165, 1.54) is 12.1 Å². The third-order valence-electron chi connectivity index (χ3n) is 3.55. The Balaban J connectivity index is 1.65. The number of nitrogens with zero attached hydrogens (tertiary/aromatic N) is 2. The van der Waals surface area contributed by atoms with Crippen molar-refractivity contribution in [1.82, 2.24) is 15.5 Å². The fourth-order valence-electron chi connectivity index (χ4n) is 2.24. The number of rotatable bonds is 5. The Morgan fingerprint density at radius 2 is 1.88 bits per heavy atom. The van der Waals surface area contributed by atoms with E-state index in [1.54, 1.807) is 24.3 Å². The van der Waals surface area contributed by atoms with Gasteiger partial charge in [-0.15, -0.1) is 10.2 Å². The van der Waals surface area contributed by atoms with Crippen molar-refractivity contribution < 1.29 is 8.81 Å². The maximum absolute atomic E-state index is 12.9. The average Bonchev–Trinajstić information content (AvgIpc) is 3.02. The van der Waals surface area contributed by atoms with E-state index in [9.17, 15) is 4.39 Å². The van der Waals surface area contributed by atoms with Crippen LogP contribution in [0.15, 0.2) is 46.9 Å². The molecule has 0 aliphatic carbocycles. The maximum Gasteiger partial charge on any atom is 0.247 e. The number of benzene rings is 2. The predicted octanol–water partition coefficient (Wildman–Crippen LogP) is 5.03. The van der Waals surface area contributed by atoms with Crippen LogP contribution in [0.1, 0.15) is 24.4 Å². The highest BCUT2D eigenvalue weighted by atomic mass is 35.5. The average molecular weight is 366 g/mol. The molecular weight excluding hydrogens is 352 g/mol. The van der Waals surface area contributed by atoms with E-state index in [4.69, 9.17) is 27.6 Å². The third kappa shape index (κ3) is 3.93. The Labute approximate surface area is 148 Å². The van der Waals surface area contributed by atoms with Gasteiger partial charge in [0.25, 0.3) is 0 Å². The summed E-state index contributed by atoms with van der Waals surface area (Å²) in [5, 5.41) is 12.4. The van der Waals surface area contributed by atoms with Crippen LogP contribution in [0.4, 0.5) is 4.39 Å². The predicted molar refractivity (Wildman–Crippen MR) is 91.4 cm³/mol. The molecule has 1 aromatic heterocycles. The lowest BCUT2D eigenvalue weighted by Crippen LogP contribution is -2.18. The van der Waals surface area contributed by atoms with Gasteiger partial charge in [0.05, 0.1) is 6.54 Å². The first kappa shape index (κ1) is 16.9. The highest BCUT2D eigenvalue weighted by Crippen LogP contribution is 2.26. The molecule has 0 amide bonds. The molecule has 1 unspecified atom stereocenters. The van der Waals surface area contributed by atoms with E-state index in [-0.39, 0.29) is 11.9 Å². The summed E-state index contributed by atoms with van der Waals surface area (Å²) in [4.78, 5) is 0. The SMILES string of the molecule is CC(NCc1nnc(-c2ccc(F)cc2)o1)c1ccc(Cl)cc1Cl. The zero-order chi connectivity index (χ0) is 17.1. The molecule has 7 heteroatoms. The zero-order valence-corrected chi connectivity index (χ0v) is 14.3. The van der Waals surface area contributed by atoms with Crippen molar-refractivity contribution in [2.45, 2.75) is 19.5 Å². The van der Waals surface area contributed by atoms with E-state index in [2.05, 4.69) is 15.5 Å². The first-order valence-corrected chi connectivity index (χ1v) is 8.05. The molecule has 1 heterocycles. The smallest absolute Gasteiger partial charge is 0.247 e. The molecule has 4 nitrogen and oxygen atoms in total. The van der Waals surface area contributed by atoms with Gasteiger partial charge in [0.1, 0.15) is 5.82 Å². The summed E-state index contributed by atoms with van der Waals surface area (Å²) in [6.45, 7) is 2.36. The van der Waals surface area contributed by atoms with Crippen LogP contribution < -0.4 is 5.32 Å². The summed E-state index contributed by atoms with van der Waals surface area (Å²) in [5.74, 6) is 0.476. The van der Waals surface area contributed by atoms with Gasteiger partial charge in [0.2, 0.25) is 11.8 Å². The van der Waals surface area contributed by atoms with Crippen molar-refractivity contribution in [2.24, 2.45) is 0 Å². The van der Waals surface area contributed by atoms with E-state index >= 15 is 0 Å². The van der Waals surface area contributed by atoms with Gasteiger partial charge < -0.3 is 9.73 Å². The van der Waals surface area contributed by atoms with Gasteiger partial charge in [0.15, 0.2) is 0 Å². The summed E-state index contributed by atoms with van der Waals surface area (Å²) in [6.07, 6.45) is 0. The van der Waals surface area contributed by atoms with Crippen LogP contribution in [0.5, 0.6) is 0 Å². The maximum atomic E-state index is 12.9. The van der Waals surface area contributed by atoms with E-state index in [0.29, 0.717) is 33.9 Å². The summed E-state index contributed by atoms with van der Waals surface area (Å²) < 4.78 is 18.5. The summed E-state index contributed by atoms with van der Waals surface area (Å²) in [6, 6.07) is 11.2. The molecule has 124 valence electrons. The fourth-order valence-corrected chi connectivity index (χ4v) is 2.81. The Bertz CT molecular complexity index is 836. The second-order valence-electron chi connectivity index (χ2n) is 5.28. The summed E-state index contributed by atoms with van der Waals surface area (Å²) in [7, 11) is 0. The van der Waals surface area contributed by atoms with Gasteiger partial charge in [-0.25, -0.2) is 4.39 Å². The first-order valence-electron chi connectivity index (χ1n) is 7.29. The van der Waals surface area contributed by atoms with Gasteiger partial charge in [0, 0.05) is 21.7 Å². The van der Waals surface area contributed by atoms with Crippen LogP contribution in [-0.4, -0.2) is 10.2 Å². The standard InChI is InChI=1S/C17H14Cl2FN3O/c1-10(14-7-4-12(18)8-15(14)19)21-9-16-22-23-17(24-16)11-2-5-13(20)6-3-11/h2-8,10,21H,9H2,1H3. The van der Waals surface area contributed by atoms with Crippen molar-refractivity contribution >= 4 is 23.2 Å². The molecule has 0 saturated heterocycles. The Morgan fingerprint density at radius 3 is 2.58 bits per heavy atom. The fraction of sp³-hybridized carbons (Fsp3) is 0.176. The van der Waals surface area contributed by atoms with Crippen LogP contribution in [-0.2, 0) is 6.54 Å². The minimum Gasteiger partial charge on any atom is -0.419 e. The summed E-state index contributed by atoms with van der Waals surface area (Å²) in [5.41, 5.74) is 1.60. The summed E-state index contributed by atoms with van der Waals surface area (Å²) >= 11 is 12.1. The lowest BCUT2D eigenvalue weighted by atomic mass is 10.1. The molecule has 24 heavy (non-hydrogen) atoms. The molecule has 0 bridgehead atoms. The topological polar surface area (TPSA) is 51.0 Å². The molecule has 0 aliphatic heterocycles. The molecule has 1 N–H and O–H groups in total. The Hall–Kier alpha value is -1.95. The number of hydrogen-bond donors (Lipinski definition) is 1. The monoisotopic (exact) mass is 365 g/mol. The highest BCUT2D eigenvalue weighted by molar-refractivity contribution is 6.35. The number of hydrogen-bond acceptors (Lipinski definition) is 4. The van der Waals surface area contributed by atoms with Crippen molar-refractivity contribution in [1.29, 1.82) is 0 Å². The van der Waals surface area contributed by atoms with Gasteiger partial charge in [-0.3, -0.25) is 0 Å². The molecule has 0 aliphatic rings. The lowest BCUT2D eigenvalue weighted by molar-refractivity contribution is 0.454. The van der Waals surface area contributed by atoms with Crippen molar-refractivity contribution in [3.05, 3.63) is 69.8 Å². The first-order chi connectivity index (χ1) is 11.5. The normalized spacial score (nSPS) is 12.3. The van der Waals surface area contributed by atoms with Crippen LogP contribution in [0, 0.1) is 5.82 Å². The number of halogens is 3.